The fraction of sp³-hybridized carbons (Fsp3) is 0.647. The van der Waals surface area contributed by atoms with Crippen LogP contribution in [0.1, 0.15) is 51.2 Å². The predicted octanol–water partition coefficient (Wildman–Crippen LogP) is 4.37. The number of aliphatic hydroxyl groups excluding tert-OH is 1. The van der Waals surface area contributed by atoms with Crippen LogP contribution in [-0.2, 0) is 4.74 Å². The van der Waals surface area contributed by atoms with Gasteiger partial charge in [0.25, 0.3) is 0 Å². The van der Waals surface area contributed by atoms with E-state index in [-0.39, 0.29) is 0 Å². The molecule has 1 unspecified atom stereocenters. The van der Waals surface area contributed by atoms with Crippen molar-refractivity contribution < 1.29 is 14.6 Å². The van der Waals surface area contributed by atoms with Gasteiger partial charge in [-0.15, -0.1) is 0 Å². The van der Waals surface area contributed by atoms with Crippen molar-refractivity contribution in [3.8, 4) is 5.75 Å². The molecule has 4 heteroatoms. The zero-order valence-electron chi connectivity index (χ0n) is 13.1. The van der Waals surface area contributed by atoms with Crippen molar-refractivity contribution in [2.75, 3.05) is 13.7 Å². The van der Waals surface area contributed by atoms with E-state index in [1.165, 1.54) is 0 Å². The lowest BCUT2D eigenvalue weighted by atomic mass is 9.74. The Labute approximate surface area is 132 Å². The summed E-state index contributed by atoms with van der Waals surface area (Å²) >= 11 is 6.09. The highest BCUT2D eigenvalue weighted by atomic mass is 35.5. The summed E-state index contributed by atoms with van der Waals surface area (Å²) in [4.78, 5) is 0. The zero-order valence-corrected chi connectivity index (χ0v) is 13.8. The van der Waals surface area contributed by atoms with Crippen LogP contribution in [0.5, 0.6) is 5.75 Å². The molecule has 0 heterocycles. The van der Waals surface area contributed by atoms with Crippen LogP contribution < -0.4 is 4.74 Å². The Bertz CT molecular complexity index is 467. The molecule has 0 amide bonds. The molecule has 3 nitrogen and oxygen atoms in total. The Morgan fingerprint density at radius 3 is 2.62 bits per heavy atom. The van der Waals surface area contributed by atoms with Crippen molar-refractivity contribution in [3.63, 3.8) is 0 Å². The largest absolute Gasteiger partial charge is 0.496 e. The van der Waals surface area contributed by atoms with Crippen LogP contribution in [0.25, 0.3) is 0 Å². The standard InChI is InChI=1S/C17H25ClO3/c1-4-21-17(9-7-12(2)8-10-17)16(19)14-11-13(18)5-6-15(14)20-3/h5-6,11-12,16,19H,4,7-10H2,1-3H3. The molecule has 1 aliphatic carbocycles. The van der Waals surface area contributed by atoms with Crippen molar-refractivity contribution in [3.05, 3.63) is 28.8 Å². The molecule has 2 rings (SSSR count). The lowest BCUT2D eigenvalue weighted by Gasteiger charge is -2.43. The molecule has 1 aromatic rings. The van der Waals surface area contributed by atoms with E-state index < -0.39 is 11.7 Å². The summed E-state index contributed by atoms with van der Waals surface area (Å²) < 4.78 is 11.4. The number of rotatable bonds is 5. The zero-order chi connectivity index (χ0) is 15.5. The Kier molecular flexibility index (Phi) is 5.53. The minimum absolute atomic E-state index is 0.529. The van der Waals surface area contributed by atoms with Gasteiger partial charge in [-0.3, -0.25) is 0 Å². The first kappa shape index (κ1) is 16.6. The molecule has 1 aliphatic rings. The highest BCUT2D eigenvalue weighted by Crippen LogP contribution is 2.45. The van der Waals surface area contributed by atoms with Gasteiger partial charge in [-0.1, -0.05) is 18.5 Å². The van der Waals surface area contributed by atoms with Gasteiger partial charge in [-0.25, -0.2) is 0 Å². The monoisotopic (exact) mass is 312 g/mol. The Morgan fingerprint density at radius 1 is 1.38 bits per heavy atom. The predicted molar refractivity (Wildman–Crippen MR) is 85.0 cm³/mol. The molecular weight excluding hydrogens is 288 g/mol. The number of methoxy groups -OCH3 is 1. The minimum Gasteiger partial charge on any atom is -0.496 e. The number of halogens is 1. The molecule has 1 N–H and O–H groups in total. The van der Waals surface area contributed by atoms with Crippen molar-refractivity contribution >= 4 is 11.6 Å². The number of hydrogen-bond acceptors (Lipinski definition) is 3. The van der Waals surface area contributed by atoms with Crippen LogP contribution in [0, 0.1) is 5.92 Å². The second-order valence-corrected chi connectivity index (χ2v) is 6.41. The van der Waals surface area contributed by atoms with Gasteiger partial charge in [0.1, 0.15) is 11.9 Å². The molecule has 21 heavy (non-hydrogen) atoms. The molecule has 1 atom stereocenters. The maximum absolute atomic E-state index is 11.0. The van der Waals surface area contributed by atoms with Gasteiger partial charge in [-0.2, -0.15) is 0 Å². The van der Waals surface area contributed by atoms with Crippen molar-refractivity contribution in [1.82, 2.24) is 0 Å². The van der Waals surface area contributed by atoms with E-state index in [4.69, 9.17) is 21.1 Å². The van der Waals surface area contributed by atoms with Crippen molar-refractivity contribution in [2.24, 2.45) is 5.92 Å². The third-order valence-corrected chi connectivity index (χ3v) is 4.77. The van der Waals surface area contributed by atoms with Gasteiger partial charge < -0.3 is 14.6 Å². The van der Waals surface area contributed by atoms with Crippen molar-refractivity contribution in [2.45, 2.75) is 51.2 Å². The van der Waals surface area contributed by atoms with E-state index in [1.807, 2.05) is 6.92 Å². The highest BCUT2D eigenvalue weighted by molar-refractivity contribution is 6.30. The Balaban J connectivity index is 2.34. The second-order valence-electron chi connectivity index (χ2n) is 5.97. The first-order chi connectivity index (χ1) is 10.0. The van der Waals surface area contributed by atoms with Gasteiger partial charge >= 0.3 is 0 Å². The molecule has 1 fully saturated rings. The number of aliphatic hydroxyl groups is 1. The smallest absolute Gasteiger partial charge is 0.124 e. The van der Waals surface area contributed by atoms with Crippen LogP contribution >= 0.6 is 11.6 Å². The molecule has 0 bridgehead atoms. The molecule has 0 aliphatic heterocycles. The van der Waals surface area contributed by atoms with Gasteiger partial charge in [0.2, 0.25) is 0 Å². The molecule has 0 spiro atoms. The van der Waals surface area contributed by atoms with Crippen LogP contribution in [0.15, 0.2) is 18.2 Å². The molecular formula is C17H25ClO3. The summed E-state index contributed by atoms with van der Waals surface area (Å²) in [5.41, 5.74) is 0.187. The van der Waals surface area contributed by atoms with E-state index in [1.54, 1.807) is 25.3 Å². The number of hydrogen-bond donors (Lipinski definition) is 1. The number of ether oxygens (including phenoxy) is 2. The van der Waals surface area contributed by atoms with Crippen LogP contribution in [-0.4, -0.2) is 24.4 Å². The fourth-order valence-electron chi connectivity index (χ4n) is 3.24. The molecule has 1 saturated carbocycles. The summed E-state index contributed by atoms with van der Waals surface area (Å²) in [6, 6.07) is 5.35. The summed E-state index contributed by atoms with van der Waals surface area (Å²) in [5.74, 6) is 1.34. The minimum atomic E-state index is -0.724. The summed E-state index contributed by atoms with van der Waals surface area (Å²) in [6.45, 7) is 4.82. The Hall–Kier alpha value is -0.770. The highest BCUT2D eigenvalue weighted by Gasteiger charge is 2.43. The van der Waals surface area contributed by atoms with E-state index in [0.717, 1.165) is 25.7 Å². The lowest BCUT2D eigenvalue weighted by Crippen LogP contribution is -2.43. The van der Waals surface area contributed by atoms with Gasteiger partial charge in [0.15, 0.2) is 0 Å². The number of benzene rings is 1. The van der Waals surface area contributed by atoms with Crippen LogP contribution in [0.4, 0.5) is 0 Å². The average Bonchev–Trinajstić information content (AvgIpc) is 2.49. The fourth-order valence-corrected chi connectivity index (χ4v) is 3.42. The maximum Gasteiger partial charge on any atom is 0.124 e. The topological polar surface area (TPSA) is 38.7 Å². The first-order valence-electron chi connectivity index (χ1n) is 7.68. The molecule has 0 saturated heterocycles. The SMILES string of the molecule is CCOC1(C(O)c2cc(Cl)ccc2OC)CCC(C)CC1. The summed E-state index contributed by atoms with van der Waals surface area (Å²) in [5, 5.41) is 11.6. The normalized spacial score (nSPS) is 27.4. The van der Waals surface area contributed by atoms with Crippen molar-refractivity contribution in [1.29, 1.82) is 0 Å². The van der Waals surface area contributed by atoms with Gasteiger partial charge in [0.05, 0.1) is 12.7 Å². The summed E-state index contributed by atoms with van der Waals surface area (Å²) in [6.07, 6.45) is 3.14. The second kappa shape index (κ2) is 6.99. The molecule has 1 aromatic carbocycles. The average molecular weight is 313 g/mol. The van der Waals surface area contributed by atoms with E-state index >= 15 is 0 Å². The lowest BCUT2D eigenvalue weighted by molar-refractivity contribution is -0.147. The maximum atomic E-state index is 11.0. The Morgan fingerprint density at radius 2 is 2.05 bits per heavy atom. The third-order valence-electron chi connectivity index (χ3n) is 4.54. The van der Waals surface area contributed by atoms with Crippen LogP contribution in [0.3, 0.4) is 0 Å². The van der Waals surface area contributed by atoms with Crippen LogP contribution in [0.2, 0.25) is 5.02 Å². The summed E-state index contributed by atoms with van der Waals surface area (Å²) in [7, 11) is 1.61. The molecule has 0 radical (unpaired) electrons. The van der Waals surface area contributed by atoms with Gasteiger partial charge in [-0.05, 0) is 56.7 Å². The molecule has 0 aromatic heterocycles. The quantitative estimate of drug-likeness (QED) is 0.877. The van der Waals surface area contributed by atoms with Gasteiger partial charge in [0, 0.05) is 17.2 Å². The molecule has 118 valence electrons. The first-order valence-corrected chi connectivity index (χ1v) is 8.05. The third kappa shape index (κ3) is 3.53. The van der Waals surface area contributed by atoms with E-state index in [2.05, 4.69) is 6.92 Å². The van der Waals surface area contributed by atoms with E-state index in [0.29, 0.717) is 28.9 Å². The van der Waals surface area contributed by atoms with E-state index in [9.17, 15) is 5.11 Å².